The van der Waals surface area contributed by atoms with E-state index >= 15 is 0 Å². The van der Waals surface area contributed by atoms with Gasteiger partial charge in [0.25, 0.3) is 10.0 Å². The number of sulfonamides is 1. The molecule has 0 atom stereocenters. The van der Waals surface area contributed by atoms with Crippen LogP contribution in [0, 0.1) is 0 Å². The van der Waals surface area contributed by atoms with Crippen LogP contribution in [0.3, 0.4) is 0 Å². The van der Waals surface area contributed by atoms with Gasteiger partial charge in [0.15, 0.2) is 0 Å². The highest BCUT2D eigenvalue weighted by Gasteiger charge is 2.25. The smallest absolute Gasteiger partial charge is 0.281 e. The molecule has 0 unspecified atom stereocenters. The van der Waals surface area contributed by atoms with E-state index in [9.17, 15) is 13.2 Å². The Kier molecular flexibility index (Phi) is 5.42. The predicted molar refractivity (Wildman–Crippen MR) is 107 cm³/mol. The number of nitrogens with zero attached hydrogens (tertiary/aromatic N) is 1. The normalized spacial score (nSPS) is 10.9. The zero-order valence-corrected chi connectivity index (χ0v) is 15.5. The zero-order chi connectivity index (χ0) is 19.3. The molecular weight excluding hydrogens is 362 g/mol. The molecule has 0 saturated carbocycles. The van der Waals surface area contributed by atoms with Crippen molar-refractivity contribution in [1.29, 1.82) is 0 Å². The number of carbonyl (C=O) groups excluding carboxylic acids is 1. The molecule has 0 aromatic heterocycles. The Morgan fingerprint density at radius 3 is 1.89 bits per heavy atom. The lowest BCUT2D eigenvalue weighted by Crippen LogP contribution is -2.36. The largest absolute Gasteiger partial charge is 0.326 e. The molecule has 0 fully saturated rings. The Hall–Kier alpha value is -3.32. The second-order valence-electron chi connectivity index (χ2n) is 5.79. The lowest BCUT2D eigenvalue weighted by atomic mass is 10.3. The topological polar surface area (TPSA) is 78.5 Å². The summed E-state index contributed by atoms with van der Waals surface area (Å²) in [6, 6.07) is 23.9. The molecule has 1 amide bonds. The number of hydrogen-bond donors (Lipinski definition) is 2. The van der Waals surface area contributed by atoms with Crippen LogP contribution in [0.5, 0.6) is 0 Å². The molecule has 0 spiro atoms. The first kappa shape index (κ1) is 18.5. The summed E-state index contributed by atoms with van der Waals surface area (Å²) in [6.45, 7) is 1.39. The minimum Gasteiger partial charge on any atom is -0.326 e. The molecule has 3 aromatic rings. The van der Waals surface area contributed by atoms with Gasteiger partial charge in [-0.15, -0.1) is 0 Å². The molecule has 3 rings (SSSR count). The van der Waals surface area contributed by atoms with Crippen molar-refractivity contribution in [2.24, 2.45) is 0 Å². The van der Waals surface area contributed by atoms with Crippen molar-refractivity contribution in [2.75, 3.05) is 15.2 Å². The van der Waals surface area contributed by atoms with Crippen LogP contribution < -0.4 is 15.2 Å². The van der Waals surface area contributed by atoms with Crippen LogP contribution in [0.15, 0.2) is 89.8 Å². The highest BCUT2D eigenvalue weighted by atomic mass is 32.2. The summed E-state index contributed by atoms with van der Waals surface area (Å²) in [5.74, 6) is -0.220. The highest BCUT2D eigenvalue weighted by Crippen LogP contribution is 2.25. The number of anilines is 3. The van der Waals surface area contributed by atoms with Gasteiger partial charge in [0.05, 0.1) is 16.3 Å². The number of amides is 1. The molecule has 0 radical (unpaired) electrons. The van der Waals surface area contributed by atoms with Gasteiger partial charge >= 0.3 is 0 Å². The molecule has 6 nitrogen and oxygen atoms in total. The summed E-state index contributed by atoms with van der Waals surface area (Å²) >= 11 is 0. The van der Waals surface area contributed by atoms with Gasteiger partial charge in [-0.25, -0.2) is 0 Å². The quantitative estimate of drug-likeness (QED) is 0.636. The molecule has 0 aliphatic rings. The van der Waals surface area contributed by atoms with E-state index in [0.717, 1.165) is 4.41 Å². The molecular formula is C20H19N3O3S. The number of nitrogens with one attached hydrogen (secondary N) is 2. The maximum atomic E-state index is 13.2. The number of rotatable bonds is 6. The summed E-state index contributed by atoms with van der Waals surface area (Å²) in [5, 5.41) is 2.62. The molecule has 0 aliphatic heterocycles. The SMILES string of the molecule is CC(=O)Nc1ccc(S(=O)(=O)N(Nc2ccccc2)c2ccccc2)cc1. The summed E-state index contributed by atoms with van der Waals surface area (Å²) in [7, 11) is -3.89. The van der Waals surface area contributed by atoms with Gasteiger partial charge in [-0.1, -0.05) is 36.4 Å². The second kappa shape index (κ2) is 7.92. The van der Waals surface area contributed by atoms with Crippen LogP contribution in [0.2, 0.25) is 0 Å². The van der Waals surface area contributed by atoms with Crippen LogP contribution in [-0.2, 0) is 14.8 Å². The van der Waals surface area contributed by atoms with E-state index in [1.807, 2.05) is 24.3 Å². The van der Waals surface area contributed by atoms with Crippen LogP contribution in [-0.4, -0.2) is 14.3 Å². The molecule has 138 valence electrons. The van der Waals surface area contributed by atoms with E-state index in [-0.39, 0.29) is 10.8 Å². The Balaban J connectivity index is 1.98. The number of hydrazine groups is 1. The fraction of sp³-hybridized carbons (Fsp3) is 0.0500. The molecule has 0 saturated heterocycles. The van der Waals surface area contributed by atoms with E-state index < -0.39 is 10.0 Å². The fourth-order valence-electron chi connectivity index (χ4n) is 2.48. The Labute approximate surface area is 158 Å². The molecule has 0 aliphatic carbocycles. The third kappa shape index (κ3) is 4.45. The third-order valence-electron chi connectivity index (χ3n) is 3.71. The molecule has 0 bridgehead atoms. The van der Waals surface area contributed by atoms with Crippen molar-refractivity contribution in [1.82, 2.24) is 0 Å². The average molecular weight is 381 g/mol. The maximum absolute atomic E-state index is 13.2. The van der Waals surface area contributed by atoms with Crippen molar-refractivity contribution in [3.8, 4) is 0 Å². The van der Waals surface area contributed by atoms with E-state index in [1.54, 1.807) is 48.5 Å². The van der Waals surface area contributed by atoms with Crippen molar-refractivity contribution >= 4 is 33.0 Å². The zero-order valence-electron chi connectivity index (χ0n) is 14.7. The molecule has 0 heterocycles. The van der Waals surface area contributed by atoms with Gasteiger partial charge in [-0.2, -0.15) is 12.8 Å². The van der Waals surface area contributed by atoms with E-state index in [2.05, 4.69) is 10.7 Å². The van der Waals surface area contributed by atoms with Gasteiger partial charge in [0, 0.05) is 12.6 Å². The number of para-hydroxylation sites is 2. The van der Waals surface area contributed by atoms with Crippen LogP contribution in [0.25, 0.3) is 0 Å². The number of benzene rings is 3. The second-order valence-corrected chi connectivity index (χ2v) is 7.58. The lowest BCUT2D eigenvalue weighted by molar-refractivity contribution is -0.114. The maximum Gasteiger partial charge on any atom is 0.281 e. The van der Waals surface area contributed by atoms with Crippen molar-refractivity contribution < 1.29 is 13.2 Å². The summed E-state index contributed by atoms with van der Waals surface area (Å²) < 4.78 is 27.6. The van der Waals surface area contributed by atoms with Gasteiger partial charge in [0.2, 0.25) is 5.91 Å². The molecule has 3 aromatic carbocycles. The minimum atomic E-state index is -3.89. The van der Waals surface area contributed by atoms with Crippen LogP contribution in [0.1, 0.15) is 6.92 Å². The molecule has 7 heteroatoms. The summed E-state index contributed by atoms with van der Waals surface area (Å²) in [6.07, 6.45) is 0. The first-order chi connectivity index (χ1) is 13.0. The van der Waals surface area contributed by atoms with Gasteiger partial charge in [-0.05, 0) is 48.5 Å². The highest BCUT2D eigenvalue weighted by molar-refractivity contribution is 7.92. The number of carbonyl (C=O) groups is 1. The first-order valence-electron chi connectivity index (χ1n) is 8.26. The van der Waals surface area contributed by atoms with Gasteiger partial charge in [-0.3, -0.25) is 10.2 Å². The Morgan fingerprint density at radius 2 is 1.33 bits per heavy atom. The first-order valence-corrected chi connectivity index (χ1v) is 9.70. The van der Waals surface area contributed by atoms with Crippen LogP contribution >= 0.6 is 0 Å². The van der Waals surface area contributed by atoms with Gasteiger partial charge in [0.1, 0.15) is 0 Å². The van der Waals surface area contributed by atoms with Crippen molar-refractivity contribution in [3.63, 3.8) is 0 Å². The monoisotopic (exact) mass is 381 g/mol. The summed E-state index contributed by atoms with van der Waals surface area (Å²) in [4.78, 5) is 11.2. The standard InChI is InChI=1S/C20H19N3O3S/c1-16(24)21-17-12-14-20(15-13-17)27(25,26)23(19-10-6-3-7-11-19)22-18-8-4-2-5-9-18/h2-15,22H,1H3,(H,21,24). The third-order valence-corrected chi connectivity index (χ3v) is 5.36. The Bertz CT molecular complexity index is 1010. The van der Waals surface area contributed by atoms with E-state index in [0.29, 0.717) is 17.1 Å². The minimum absolute atomic E-state index is 0.101. The van der Waals surface area contributed by atoms with Crippen molar-refractivity contribution in [2.45, 2.75) is 11.8 Å². The fourth-order valence-corrected chi connectivity index (χ4v) is 3.79. The average Bonchev–Trinajstić information content (AvgIpc) is 2.67. The summed E-state index contributed by atoms with van der Waals surface area (Å²) in [5.41, 5.74) is 4.61. The molecule has 27 heavy (non-hydrogen) atoms. The molecule has 2 N–H and O–H groups in total. The van der Waals surface area contributed by atoms with E-state index in [1.165, 1.54) is 19.1 Å². The van der Waals surface area contributed by atoms with Gasteiger partial charge < -0.3 is 5.32 Å². The predicted octanol–water partition coefficient (Wildman–Crippen LogP) is 3.87. The number of hydrogen-bond acceptors (Lipinski definition) is 4. The van der Waals surface area contributed by atoms with E-state index in [4.69, 9.17) is 0 Å². The lowest BCUT2D eigenvalue weighted by Gasteiger charge is -2.26. The van der Waals surface area contributed by atoms with Crippen LogP contribution in [0.4, 0.5) is 17.1 Å². The Morgan fingerprint density at radius 1 is 0.778 bits per heavy atom. The van der Waals surface area contributed by atoms with Crippen molar-refractivity contribution in [3.05, 3.63) is 84.9 Å².